The first kappa shape index (κ1) is 15.3. The fraction of sp³-hybridized carbons (Fsp3) is 0.238. The highest BCUT2D eigenvalue weighted by atomic mass is 16.3. The Labute approximate surface area is 151 Å². The number of carbonyl (C=O) groups excluding carboxylic acids is 1. The van der Waals surface area contributed by atoms with Gasteiger partial charge in [-0.25, -0.2) is 4.99 Å². The second kappa shape index (κ2) is 5.81. The van der Waals surface area contributed by atoms with E-state index in [0.717, 1.165) is 24.0 Å². The number of nitrogens with zero attached hydrogens (tertiary/aromatic N) is 3. The number of carbonyl (C=O) groups is 1. The Kier molecular flexibility index (Phi) is 3.43. The second-order valence-electron chi connectivity index (χ2n) is 6.92. The lowest BCUT2D eigenvalue weighted by Crippen LogP contribution is -2.22. The van der Waals surface area contributed by atoms with Crippen LogP contribution in [0.5, 0.6) is 5.88 Å². The summed E-state index contributed by atoms with van der Waals surface area (Å²) in [5.74, 6) is -0.00187. The number of hydrogen-bond donors (Lipinski definition) is 1. The highest BCUT2D eigenvalue weighted by Gasteiger charge is 2.31. The van der Waals surface area contributed by atoms with Gasteiger partial charge in [0.25, 0.3) is 0 Å². The van der Waals surface area contributed by atoms with Crippen molar-refractivity contribution in [2.75, 3.05) is 13.1 Å². The molecule has 0 spiro atoms. The maximum atomic E-state index is 12.9. The molecule has 5 nitrogen and oxygen atoms in total. The predicted molar refractivity (Wildman–Crippen MR) is 101 cm³/mol. The largest absolute Gasteiger partial charge is 0.494 e. The molecule has 26 heavy (non-hydrogen) atoms. The third-order valence-corrected chi connectivity index (χ3v) is 5.32. The topological polar surface area (TPSA) is 57.8 Å². The molecule has 2 aliphatic rings. The van der Waals surface area contributed by atoms with Gasteiger partial charge in [0.05, 0.1) is 23.4 Å². The third kappa shape index (κ3) is 2.21. The summed E-state index contributed by atoms with van der Waals surface area (Å²) < 4.78 is 1.90. The maximum absolute atomic E-state index is 12.9. The first-order valence-electron chi connectivity index (χ1n) is 8.99. The molecule has 0 unspecified atom stereocenters. The molecule has 5 heteroatoms. The van der Waals surface area contributed by atoms with Crippen LogP contribution in [0.15, 0.2) is 53.5 Å². The van der Waals surface area contributed by atoms with Crippen LogP contribution in [0.25, 0.3) is 10.9 Å². The molecule has 1 saturated heterocycles. The van der Waals surface area contributed by atoms with E-state index in [2.05, 4.69) is 9.89 Å². The number of aromatic hydroxyl groups is 1. The smallest absolute Gasteiger partial charge is 0.214 e. The van der Waals surface area contributed by atoms with Gasteiger partial charge >= 0.3 is 0 Å². The minimum Gasteiger partial charge on any atom is -0.494 e. The number of hydrogen-bond acceptors (Lipinski definition) is 4. The molecule has 0 bridgehead atoms. The molecule has 0 atom stereocenters. The summed E-state index contributed by atoms with van der Waals surface area (Å²) in [5, 5.41) is 11.9. The highest BCUT2D eigenvalue weighted by Crippen LogP contribution is 2.37. The molecule has 1 fully saturated rings. The number of benzene rings is 2. The lowest BCUT2D eigenvalue weighted by atomic mass is 10.0. The van der Waals surface area contributed by atoms with Crippen molar-refractivity contribution >= 4 is 28.1 Å². The summed E-state index contributed by atoms with van der Waals surface area (Å²) in [4.78, 5) is 19.7. The molecule has 1 aromatic heterocycles. The fourth-order valence-corrected chi connectivity index (χ4v) is 4.02. The average molecular weight is 345 g/mol. The van der Waals surface area contributed by atoms with Crippen LogP contribution in [0.3, 0.4) is 0 Å². The zero-order valence-electron chi connectivity index (χ0n) is 14.4. The van der Waals surface area contributed by atoms with Gasteiger partial charge in [0.1, 0.15) is 5.71 Å². The van der Waals surface area contributed by atoms with Crippen molar-refractivity contribution in [2.24, 2.45) is 4.99 Å². The van der Waals surface area contributed by atoms with Crippen molar-refractivity contribution in [1.82, 2.24) is 9.47 Å². The predicted octanol–water partition coefficient (Wildman–Crippen LogP) is 3.72. The van der Waals surface area contributed by atoms with E-state index in [1.807, 2.05) is 47.0 Å². The number of para-hydroxylation sites is 2. The van der Waals surface area contributed by atoms with Crippen LogP contribution >= 0.6 is 0 Å². The van der Waals surface area contributed by atoms with Crippen LogP contribution < -0.4 is 0 Å². The van der Waals surface area contributed by atoms with Crippen LogP contribution in [0.4, 0.5) is 5.69 Å². The summed E-state index contributed by atoms with van der Waals surface area (Å²) in [6.45, 7) is 2.69. The van der Waals surface area contributed by atoms with Gasteiger partial charge in [0.2, 0.25) is 11.7 Å². The van der Waals surface area contributed by atoms with Crippen molar-refractivity contribution in [3.63, 3.8) is 0 Å². The molecular weight excluding hydrogens is 326 g/mol. The quantitative estimate of drug-likeness (QED) is 0.787. The van der Waals surface area contributed by atoms with E-state index in [9.17, 15) is 9.90 Å². The van der Waals surface area contributed by atoms with E-state index in [1.165, 1.54) is 12.8 Å². The van der Waals surface area contributed by atoms with Gasteiger partial charge in [0.15, 0.2) is 0 Å². The maximum Gasteiger partial charge on any atom is 0.214 e. The van der Waals surface area contributed by atoms with Gasteiger partial charge in [-0.15, -0.1) is 0 Å². The number of aromatic nitrogens is 1. The van der Waals surface area contributed by atoms with Gasteiger partial charge in [-0.3, -0.25) is 14.3 Å². The van der Waals surface area contributed by atoms with E-state index in [4.69, 9.17) is 0 Å². The Morgan fingerprint density at radius 1 is 1.00 bits per heavy atom. The van der Waals surface area contributed by atoms with Gasteiger partial charge < -0.3 is 5.11 Å². The van der Waals surface area contributed by atoms with E-state index < -0.39 is 0 Å². The summed E-state index contributed by atoms with van der Waals surface area (Å²) in [6.07, 6.45) is 2.38. The monoisotopic (exact) mass is 345 g/mol. The highest BCUT2D eigenvalue weighted by molar-refractivity contribution is 6.56. The molecule has 0 radical (unpaired) electrons. The molecule has 2 aromatic carbocycles. The fourth-order valence-electron chi connectivity index (χ4n) is 4.02. The number of ketones is 1. The van der Waals surface area contributed by atoms with Crippen molar-refractivity contribution in [3.8, 4) is 5.88 Å². The third-order valence-electron chi connectivity index (χ3n) is 5.32. The van der Waals surface area contributed by atoms with Crippen LogP contribution in [0, 0.1) is 0 Å². The summed E-state index contributed by atoms with van der Waals surface area (Å²) in [6, 6.07) is 15.2. The summed E-state index contributed by atoms with van der Waals surface area (Å²) >= 11 is 0. The van der Waals surface area contributed by atoms with Gasteiger partial charge in [-0.1, -0.05) is 30.3 Å². The van der Waals surface area contributed by atoms with Crippen LogP contribution in [-0.2, 0) is 6.67 Å². The molecule has 1 N–H and O–H groups in total. The first-order valence-corrected chi connectivity index (χ1v) is 8.99. The SMILES string of the molecule is O=C1C(c2c(O)n(CN3CCCC3)c3ccccc23)=Nc2ccccc21. The standard InChI is InChI=1S/C21H19N3O2/c25-20-14-7-1-3-9-16(14)22-19(20)18-15-8-2-4-10-17(15)24(21(18)26)13-23-11-5-6-12-23/h1-4,7-10,26H,5-6,11-13H2. The normalized spacial score (nSPS) is 17.1. The Morgan fingerprint density at radius 2 is 1.73 bits per heavy atom. The number of Topliss-reactive ketones (excluding diaryl/α,β-unsaturated/α-hetero) is 1. The van der Waals surface area contributed by atoms with Crippen molar-refractivity contribution in [1.29, 1.82) is 0 Å². The minimum absolute atomic E-state index is 0.123. The molecule has 0 amide bonds. The van der Waals surface area contributed by atoms with Crippen LogP contribution in [0.1, 0.15) is 28.8 Å². The number of aliphatic imine (C=N–C) groups is 1. The lowest BCUT2D eigenvalue weighted by molar-refractivity contribution is 0.107. The Bertz CT molecular complexity index is 1060. The van der Waals surface area contributed by atoms with Gasteiger partial charge in [-0.05, 0) is 44.1 Å². The van der Waals surface area contributed by atoms with E-state index in [1.54, 1.807) is 6.07 Å². The summed E-state index contributed by atoms with van der Waals surface area (Å²) in [7, 11) is 0. The van der Waals surface area contributed by atoms with E-state index >= 15 is 0 Å². The Hall–Kier alpha value is -2.92. The zero-order valence-corrected chi connectivity index (χ0v) is 14.4. The van der Waals surface area contributed by atoms with Crippen molar-refractivity contribution in [3.05, 3.63) is 59.7 Å². The number of fused-ring (bicyclic) bond motifs is 2. The summed E-state index contributed by atoms with van der Waals surface area (Å²) in [5.41, 5.74) is 3.07. The molecule has 3 heterocycles. The minimum atomic E-state index is -0.125. The molecule has 3 aromatic rings. The molecular formula is C21H19N3O2. The molecule has 2 aliphatic heterocycles. The van der Waals surface area contributed by atoms with E-state index in [-0.39, 0.29) is 11.7 Å². The molecule has 5 rings (SSSR count). The first-order chi connectivity index (χ1) is 12.7. The van der Waals surface area contributed by atoms with E-state index in [0.29, 0.717) is 29.2 Å². The van der Waals surface area contributed by atoms with Crippen LogP contribution in [-0.4, -0.2) is 39.2 Å². The molecule has 0 aliphatic carbocycles. The molecule has 0 saturated carbocycles. The van der Waals surface area contributed by atoms with Gasteiger partial charge in [-0.2, -0.15) is 0 Å². The lowest BCUT2D eigenvalue weighted by Gasteiger charge is -2.17. The molecule has 130 valence electrons. The van der Waals surface area contributed by atoms with Crippen molar-refractivity contribution < 1.29 is 9.90 Å². The van der Waals surface area contributed by atoms with Gasteiger partial charge in [0, 0.05) is 10.9 Å². The Balaban J connectivity index is 1.67. The zero-order chi connectivity index (χ0) is 17.7. The second-order valence-corrected chi connectivity index (χ2v) is 6.92. The van der Waals surface area contributed by atoms with Crippen LogP contribution in [0.2, 0.25) is 0 Å². The van der Waals surface area contributed by atoms with Crippen molar-refractivity contribution in [2.45, 2.75) is 19.5 Å². The number of likely N-dealkylation sites (tertiary alicyclic amines) is 1. The Morgan fingerprint density at radius 3 is 2.54 bits per heavy atom. The average Bonchev–Trinajstić information content (AvgIpc) is 3.35. The number of rotatable bonds is 3.